The van der Waals surface area contributed by atoms with E-state index in [1.807, 2.05) is 21.1 Å². The standard InChI is InChI=1S/C11H22NO3P/c1-9(2)11(13)10(3)16(14)15-8-7-12(4,5)6/h10H,1,7-8H2,2-6H3/q+2. The van der Waals surface area contributed by atoms with Gasteiger partial charge in [0, 0.05) is 0 Å². The summed E-state index contributed by atoms with van der Waals surface area (Å²) in [6, 6.07) is 0. The van der Waals surface area contributed by atoms with Crippen molar-refractivity contribution in [3.63, 3.8) is 0 Å². The number of rotatable bonds is 7. The quantitative estimate of drug-likeness (QED) is 0.392. The van der Waals surface area contributed by atoms with Crippen LogP contribution in [0.4, 0.5) is 0 Å². The number of allylic oxidation sites excluding steroid dienone is 1. The van der Waals surface area contributed by atoms with Gasteiger partial charge < -0.3 is 4.48 Å². The van der Waals surface area contributed by atoms with Crippen molar-refractivity contribution >= 4 is 13.8 Å². The second-order valence-corrected chi connectivity index (χ2v) is 6.56. The number of Topliss-reactive ketones (excluding diaryl/α,β-unsaturated/α-hetero) is 1. The Labute approximate surface area is 98.7 Å². The van der Waals surface area contributed by atoms with Gasteiger partial charge in [-0.15, -0.1) is 4.52 Å². The molecule has 2 unspecified atom stereocenters. The molecule has 0 bridgehead atoms. The van der Waals surface area contributed by atoms with Crippen LogP contribution in [0.1, 0.15) is 13.8 Å². The Balaban J connectivity index is 4.08. The first-order valence-corrected chi connectivity index (χ1v) is 6.49. The molecule has 0 fully saturated rings. The fourth-order valence-corrected chi connectivity index (χ4v) is 1.87. The molecule has 2 atom stereocenters. The van der Waals surface area contributed by atoms with Crippen LogP contribution in [-0.2, 0) is 13.9 Å². The van der Waals surface area contributed by atoms with Crippen LogP contribution in [0.25, 0.3) is 0 Å². The molecule has 0 aromatic heterocycles. The summed E-state index contributed by atoms with van der Waals surface area (Å²) in [4.78, 5) is 11.5. The summed E-state index contributed by atoms with van der Waals surface area (Å²) in [6.07, 6.45) is 0. The van der Waals surface area contributed by atoms with Gasteiger partial charge in [-0.3, -0.25) is 4.79 Å². The SMILES string of the molecule is C=C(C)C(=O)C(C)[P+](=O)OCC[N+](C)(C)C. The van der Waals surface area contributed by atoms with Crippen LogP contribution in [0.15, 0.2) is 12.2 Å². The molecule has 0 saturated carbocycles. The molecule has 0 heterocycles. The third-order valence-electron chi connectivity index (χ3n) is 2.10. The maximum Gasteiger partial charge on any atom is 0.519 e. The van der Waals surface area contributed by atoms with E-state index in [2.05, 4.69) is 6.58 Å². The highest BCUT2D eigenvalue weighted by atomic mass is 31.1. The van der Waals surface area contributed by atoms with Crippen molar-refractivity contribution in [2.75, 3.05) is 34.3 Å². The number of hydrogen-bond donors (Lipinski definition) is 0. The fraction of sp³-hybridized carbons (Fsp3) is 0.727. The third kappa shape index (κ3) is 6.11. The molecule has 4 nitrogen and oxygen atoms in total. The van der Waals surface area contributed by atoms with Crippen LogP contribution in [0, 0.1) is 0 Å². The van der Waals surface area contributed by atoms with Crippen molar-refractivity contribution in [2.24, 2.45) is 0 Å². The van der Waals surface area contributed by atoms with E-state index in [9.17, 15) is 9.36 Å². The van der Waals surface area contributed by atoms with E-state index >= 15 is 0 Å². The van der Waals surface area contributed by atoms with Gasteiger partial charge in [0.1, 0.15) is 6.54 Å². The maximum absolute atomic E-state index is 11.6. The first-order valence-electron chi connectivity index (χ1n) is 5.24. The number of likely N-dealkylation sites (N-methyl/N-ethyl adjacent to an activating group) is 1. The first-order chi connectivity index (χ1) is 7.15. The topological polar surface area (TPSA) is 43.4 Å². The van der Waals surface area contributed by atoms with E-state index in [0.717, 1.165) is 11.0 Å². The van der Waals surface area contributed by atoms with Gasteiger partial charge in [0.05, 0.1) is 21.1 Å². The van der Waals surface area contributed by atoms with Crippen molar-refractivity contribution in [3.05, 3.63) is 12.2 Å². The van der Waals surface area contributed by atoms with E-state index in [4.69, 9.17) is 4.52 Å². The van der Waals surface area contributed by atoms with Crippen LogP contribution in [-0.4, -0.2) is 50.2 Å². The molecule has 0 spiro atoms. The summed E-state index contributed by atoms with van der Waals surface area (Å²) in [5, 5.41) is 0. The smallest absolute Gasteiger partial charge is 0.329 e. The largest absolute Gasteiger partial charge is 0.519 e. The maximum atomic E-state index is 11.6. The summed E-state index contributed by atoms with van der Waals surface area (Å²) >= 11 is 0. The highest BCUT2D eigenvalue weighted by Crippen LogP contribution is 2.30. The molecule has 0 aliphatic carbocycles. The predicted molar refractivity (Wildman–Crippen MR) is 65.7 cm³/mol. The van der Waals surface area contributed by atoms with Gasteiger partial charge in [0.25, 0.3) is 0 Å². The van der Waals surface area contributed by atoms with E-state index in [1.54, 1.807) is 13.8 Å². The Morgan fingerprint density at radius 3 is 2.31 bits per heavy atom. The molecule has 0 aromatic rings. The predicted octanol–water partition coefficient (Wildman–Crippen LogP) is 1.99. The highest BCUT2D eigenvalue weighted by molar-refractivity contribution is 7.41. The molecular weight excluding hydrogens is 225 g/mol. The molecule has 0 saturated heterocycles. The van der Waals surface area contributed by atoms with E-state index < -0.39 is 13.7 Å². The van der Waals surface area contributed by atoms with Gasteiger partial charge in [0.15, 0.2) is 6.61 Å². The van der Waals surface area contributed by atoms with Crippen molar-refractivity contribution < 1.29 is 18.4 Å². The summed E-state index contributed by atoms with van der Waals surface area (Å²) in [5.74, 6) is -0.189. The molecule has 0 aliphatic heterocycles. The Morgan fingerprint density at radius 2 is 1.94 bits per heavy atom. The van der Waals surface area contributed by atoms with E-state index in [1.165, 1.54) is 0 Å². The average Bonchev–Trinajstić information content (AvgIpc) is 2.13. The fourth-order valence-electron chi connectivity index (χ4n) is 0.969. The zero-order valence-corrected chi connectivity index (χ0v) is 11.7. The van der Waals surface area contributed by atoms with Gasteiger partial charge in [-0.1, -0.05) is 6.58 Å². The Morgan fingerprint density at radius 1 is 1.44 bits per heavy atom. The number of nitrogens with zero attached hydrogens (tertiary/aromatic N) is 1. The lowest BCUT2D eigenvalue weighted by Gasteiger charge is -2.22. The van der Waals surface area contributed by atoms with Gasteiger partial charge in [-0.05, 0) is 24.0 Å². The van der Waals surface area contributed by atoms with Crippen LogP contribution in [0.3, 0.4) is 0 Å². The second kappa shape index (κ2) is 6.24. The molecule has 5 heteroatoms. The summed E-state index contributed by atoms with van der Waals surface area (Å²) < 4.78 is 17.6. The van der Waals surface area contributed by atoms with Gasteiger partial charge in [-0.25, -0.2) is 0 Å². The number of quaternary nitrogens is 1. The molecule has 0 aliphatic rings. The van der Waals surface area contributed by atoms with Gasteiger partial charge in [0.2, 0.25) is 11.4 Å². The highest BCUT2D eigenvalue weighted by Gasteiger charge is 2.35. The Bertz CT molecular complexity index is 294. The van der Waals surface area contributed by atoms with E-state index in [0.29, 0.717) is 12.2 Å². The first kappa shape index (κ1) is 15.4. The number of carbonyl (C=O) groups excluding carboxylic acids is 1. The second-order valence-electron chi connectivity index (χ2n) is 4.95. The lowest BCUT2D eigenvalue weighted by molar-refractivity contribution is -0.870. The van der Waals surface area contributed by atoms with Crippen molar-refractivity contribution in [1.29, 1.82) is 0 Å². The monoisotopic (exact) mass is 247 g/mol. The lowest BCUT2D eigenvalue weighted by atomic mass is 10.2. The molecule has 16 heavy (non-hydrogen) atoms. The molecular formula is C11H22NO3P+2. The molecule has 92 valence electrons. The summed E-state index contributed by atoms with van der Waals surface area (Å²) in [6.45, 7) is 7.93. The lowest BCUT2D eigenvalue weighted by Crippen LogP contribution is -2.37. The summed E-state index contributed by atoms with van der Waals surface area (Å²) in [7, 11) is 4.14. The molecule has 0 N–H and O–H groups in total. The number of carbonyl (C=O) groups is 1. The zero-order valence-electron chi connectivity index (χ0n) is 10.8. The normalized spacial score (nSPS) is 14.4. The van der Waals surface area contributed by atoms with Crippen LogP contribution < -0.4 is 0 Å². The van der Waals surface area contributed by atoms with Crippen molar-refractivity contribution in [2.45, 2.75) is 19.5 Å². The Kier molecular flexibility index (Phi) is 6.01. The number of ketones is 1. The minimum Gasteiger partial charge on any atom is -0.329 e. The van der Waals surface area contributed by atoms with Crippen molar-refractivity contribution in [3.8, 4) is 0 Å². The molecule has 0 aromatic carbocycles. The van der Waals surface area contributed by atoms with Crippen LogP contribution in [0.2, 0.25) is 0 Å². The third-order valence-corrected chi connectivity index (χ3v) is 3.40. The average molecular weight is 247 g/mol. The van der Waals surface area contributed by atoms with Crippen LogP contribution in [0.5, 0.6) is 0 Å². The molecule has 0 amide bonds. The van der Waals surface area contributed by atoms with Crippen molar-refractivity contribution in [1.82, 2.24) is 0 Å². The van der Waals surface area contributed by atoms with Crippen LogP contribution >= 0.6 is 8.03 Å². The van der Waals surface area contributed by atoms with E-state index in [-0.39, 0.29) is 5.78 Å². The Hall–Kier alpha value is -0.570. The number of hydrogen-bond acceptors (Lipinski definition) is 3. The zero-order chi connectivity index (χ0) is 12.9. The minimum absolute atomic E-state index is 0.189. The van der Waals surface area contributed by atoms with Gasteiger partial charge >= 0.3 is 8.03 Å². The van der Waals surface area contributed by atoms with Gasteiger partial charge in [-0.2, -0.15) is 0 Å². The molecule has 0 radical (unpaired) electrons. The summed E-state index contributed by atoms with van der Waals surface area (Å²) in [5.41, 5.74) is -0.175. The molecule has 0 rings (SSSR count). The minimum atomic E-state index is -1.94.